The molecule has 17 heavy (non-hydrogen) atoms. The SMILES string of the molecule is CC(Nc1cc(F)cc(F)c1N)c1nccs1. The minimum atomic E-state index is -0.765. The largest absolute Gasteiger partial charge is 0.395 e. The number of hydrogen-bond donors (Lipinski definition) is 2. The molecular weight excluding hydrogens is 244 g/mol. The van der Waals surface area contributed by atoms with Crippen molar-refractivity contribution in [3.63, 3.8) is 0 Å². The summed E-state index contributed by atoms with van der Waals surface area (Å²) in [5.41, 5.74) is 5.68. The zero-order chi connectivity index (χ0) is 12.4. The van der Waals surface area contributed by atoms with E-state index < -0.39 is 11.6 Å². The molecule has 6 heteroatoms. The van der Waals surface area contributed by atoms with E-state index in [0.717, 1.165) is 11.1 Å². The molecule has 0 aliphatic carbocycles. The van der Waals surface area contributed by atoms with Gasteiger partial charge in [-0.3, -0.25) is 0 Å². The number of thiazole rings is 1. The molecule has 3 nitrogen and oxygen atoms in total. The topological polar surface area (TPSA) is 50.9 Å². The van der Waals surface area contributed by atoms with E-state index in [4.69, 9.17) is 5.73 Å². The summed E-state index contributed by atoms with van der Waals surface area (Å²) in [4.78, 5) is 4.11. The van der Waals surface area contributed by atoms with Gasteiger partial charge in [0.2, 0.25) is 0 Å². The molecule has 0 amide bonds. The van der Waals surface area contributed by atoms with Gasteiger partial charge < -0.3 is 11.1 Å². The van der Waals surface area contributed by atoms with Gasteiger partial charge in [-0.25, -0.2) is 13.8 Å². The zero-order valence-electron chi connectivity index (χ0n) is 9.08. The Kier molecular flexibility index (Phi) is 3.23. The molecule has 0 radical (unpaired) electrons. The van der Waals surface area contributed by atoms with Crippen LogP contribution in [0, 0.1) is 11.6 Å². The van der Waals surface area contributed by atoms with Crippen molar-refractivity contribution in [1.29, 1.82) is 0 Å². The molecule has 1 aromatic heterocycles. The van der Waals surface area contributed by atoms with Gasteiger partial charge >= 0.3 is 0 Å². The predicted molar refractivity (Wildman–Crippen MR) is 64.9 cm³/mol. The van der Waals surface area contributed by atoms with Crippen LogP contribution in [0.5, 0.6) is 0 Å². The van der Waals surface area contributed by atoms with Gasteiger partial charge in [-0.15, -0.1) is 11.3 Å². The second-order valence-corrected chi connectivity index (χ2v) is 4.51. The fourth-order valence-corrected chi connectivity index (χ4v) is 2.09. The third-order valence-electron chi connectivity index (χ3n) is 2.29. The van der Waals surface area contributed by atoms with Crippen LogP contribution in [-0.4, -0.2) is 4.98 Å². The third-order valence-corrected chi connectivity index (χ3v) is 3.25. The van der Waals surface area contributed by atoms with Crippen molar-refractivity contribution in [3.8, 4) is 0 Å². The molecule has 1 atom stereocenters. The molecule has 2 rings (SSSR count). The van der Waals surface area contributed by atoms with Gasteiger partial charge in [-0.05, 0) is 13.0 Å². The quantitative estimate of drug-likeness (QED) is 0.828. The number of nitrogens with two attached hydrogens (primary N) is 1. The lowest BCUT2D eigenvalue weighted by Gasteiger charge is -2.15. The van der Waals surface area contributed by atoms with Gasteiger partial charge in [-0.1, -0.05) is 0 Å². The van der Waals surface area contributed by atoms with Crippen LogP contribution in [0.3, 0.4) is 0 Å². The lowest BCUT2D eigenvalue weighted by atomic mass is 10.2. The average Bonchev–Trinajstić information content (AvgIpc) is 2.78. The van der Waals surface area contributed by atoms with Gasteiger partial charge in [0, 0.05) is 17.6 Å². The Morgan fingerprint density at radius 3 is 2.82 bits per heavy atom. The number of aromatic nitrogens is 1. The minimum Gasteiger partial charge on any atom is -0.395 e. The Hall–Kier alpha value is -1.69. The molecule has 1 heterocycles. The van der Waals surface area contributed by atoms with Crippen LogP contribution in [0.15, 0.2) is 23.7 Å². The number of nitrogens with zero attached hydrogens (tertiary/aromatic N) is 1. The number of rotatable bonds is 3. The lowest BCUT2D eigenvalue weighted by molar-refractivity contribution is 0.586. The van der Waals surface area contributed by atoms with Gasteiger partial charge in [0.15, 0.2) is 5.82 Å². The van der Waals surface area contributed by atoms with Crippen molar-refractivity contribution in [3.05, 3.63) is 40.4 Å². The van der Waals surface area contributed by atoms with Crippen molar-refractivity contribution in [2.45, 2.75) is 13.0 Å². The standard InChI is InChI=1S/C11H11F2N3S/c1-6(11-15-2-3-17-11)16-9-5-7(12)4-8(13)10(9)14/h2-6,16H,14H2,1H3. The molecule has 3 N–H and O–H groups in total. The molecule has 0 fully saturated rings. The highest BCUT2D eigenvalue weighted by Crippen LogP contribution is 2.28. The molecule has 0 aliphatic rings. The first-order chi connectivity index (χ1) is 8.08. The molecule has 90 valence electrons. The first-order valence-electron chi connectivity index (χ1n) is 4.98. The Morgan fingerprint density at radius 2 is 2.18 bits per heavy atom. The maximum atomic E-state index is 13.2. The van der Waals surface area contributed by atoms with Crippen LogP contribution in [0.1, 0.15) is 18.0 Å². The lowest BCUT2D eigenvalue weighted by Crippen LogP contribution is -2.09. The number of benzene rings is 1. The van der Waals surface area contributed by atoms with Gasteiger partial charge in [0.1, 0.15) is 10.8 Å². The molecule has 0 saturated carbocycles. The number of anilines is 2. The third kappa shape index (κ3) is 2.52. The van der Waals surface area contributed by atoms with Crippen LogP contribution in [0.2, 0.25) is 0 Å². The first-order valence-corrected chi connectivity index (χ1v) is 5.86. The molecule has 2 aromatic rings. The van der Waals surface area contributed by atoms with E-state index in [9.17, 15) is 8.78 Å². The van der Waals surface area contributed by atoms with Crippen molar-refractivity contribution >= 4 is 22.7 Å². The molecule has 0 bridgehead atoms. The normalized spacial score (nSPS) is 12.4. The first kappa shape index (κ1) is 11.8. The highest BCUT2D eigenvalue weighted by atomic mass is 32.1. The van der Waals surface area contributed by atoms with Crippen LogP contribution < -0.4 is 11.1 Å². The van der Waals surface area contributed by atoms with Gasteiger partial charge in [0.25, 0.3) is 0 Å². The Labute approximate surface area is 101 Å². The van der Waals surface area contributed by atoms with Crippen LogP contribution in [-0.2, 0) is 0 Å². The summed E-state index contributed by atoms with van der Waals surface area (Å²) in [6.45, 7) is 1.85. The summed E-state index contributed by atoms with van der Waals surface area (Å²) in [6, 6.07) is 1.77. The number of nitrogen functional groups attached to an aromatic ring is 1. The Balaban J connectivity index is 2.24. The second kappa shape index (κ2) is 4.67. The van der Waals surface area contributed by atoms with Crippen molar-refractivity contribution < 1.29 is 8.78 Å². The monoisotopic (exact) mass is 255 g/mol. The fraction of sp³-hybridized carbons (Fsp3) is 0.182. The van der Waals surface area contributed by atoms with E-state index in [1.54, 1.807) is 6.20 Å². The van der Waals surface area contributed by atoms with E-state index in [1.807, 2.05) is 12.3 Å². The second-order valence-electron chi connectivity index (χ2n) is 3.59. The predicted octanol–water partition coefficient (Wildman–Crippen LogP) is 3.18. The highest BCUT2D eigenvalue weighted by Gasteiger charge is 2.13. The summed E-state index contributed by atoms with van der Waals surface area (Å²) >= 11 is 1.46. The fourth-order valence-electron chi connectivity index (χ4n) is 1.45. The Bertz CT molecular complexity index is 514. The molecular formula is C11H11F2N3S. The van der Waals surface area contributed by atoms with Crippen LogP contribution in [0.4, 0.5) is 20.2 Å². The van der Waals surface area contributed by atoms with E-state index in [1.165, 1.54) is 17.4 Å². The molecule has 0 saturated heterocycles. The van der Waals surface area contributed by atoms with Crippen LogP contribution in [0.25, 0.3) is 0 Å². The zero-order valence-corrected chi connectivity index (χ0v) is 9.89. The van der Waals surface area contributed by atoms with Crippen molar-refractivity contribution in [2.24, 2.45) is 0 Å². The smallest absolute Gasteiger partial charge is 0.151 e. The highest BCUT2D eigenvalue weighted by molar-refractivity contribution is 7.09. The van der Waals surface area contributed by atoms with E-state index >= 15 is 0 Å². The maximum Gasteiger partial charge on any atom is 0.151 e. The maximum absolute atomic E-state index is 13.2. The Morgan fingerprint density at radius 1 is 1.41 bits per heavy atom. The van der Waals surface area contributed by atoms with E-state index in [2.05, 4.69) is 10.3 Å². The number of hydrogen-bond acceptors (Lipinski definition) is 4. The summed E-state index contributed by atoms with van der Waals surface area (Å²) < 4.78 is 26.3. The van der Waals surface area contributed by atoms with E-state index in [0.29, 0.717) is 0 Å². The minimum absolute atomic E-state index is 0.0881. The van der Waals surface area contributed by atoms with Crippen LogP contribution >= 0.6 is 11.3 Å². The van der Waals surface area contributed by atoms with Gasteiger partial charge in [-0.2, -0.15) is 0 Å². The molecule has 1 aromatic carbocycles. The summed E-state index contributed by atoms with van der Waals surface area (Å²) in [5.74, 6) is -1.43. The van der Waals surface area contributed by atoms with E-state index in [-0.39, 0.29) is 17.4 Å². The molecule has 1 unspecified atom stereocenters. The number of nitrogens with one attached hydrogen (secondary N) is 1. The van der Waals surface area contributed by atoms with Crippen molar-refractivity contribution in [1.82, 2.24) is 4.98 Å². The average molecular weight is 255 g/mol. The van der Waals surface area contributed by atoms with Gasteiger partial charge in [0.05, 0.1) is 17.4 Å². The number of halogens is 2. The molecule has 0 aliphatic heterocycles. The van der Waals surface area contributed by atoms with Crippen molar-refractivity contribution in [2.75, 3.05) is 11.1 Å². The summed E-state index contributed by atoms with van der Waals surface area (Å²) in [7, 11) is 0. The summed E-state index contributed by atoms with van der Waals surface area (Å²) in [5, 5.41) is 5.60. The summed E-state index contributed by atoms with van der Waals surface area (Å²) in [6.07, 6.45) is 1.67. The molecule has 0 spiro atoms.